The molecule has 2 aromatic carbocycles. The van der Waals surface area contributed by atoms with Crippen molar-refractivity contribution in [3.63, 3.8) is 0 Å². The van der Waals surface area contributed by atoms with E-state index in [-0.39, 0.29) is 22.4 Å². The monoisotopic (exact) mass is 435 g/mol. The molecule has 2 N–H and O–H groups in total. The minimum atomic E-state index is -3.86. The molecule has 3 aromatic rings. The smallest absolute Gasteiger partial charge is 0.263 e. The van der Waals surface area contributed by atoms with Gasteiger partial charge in [0, 0.05) is 23.6 Å². The number of methoxy groups -OCH3 is 1. The topological polar surface area (TPSA) is 97.4 Å². The highest BCUT2D eigenvalue weighted by Crippen LogP contribution is 2.21. The van der Waals surface area contributed by atoms with E-state index in [9.17, 15) is 17.6 Å². The maximum atomic E-state index is 13.0. The number of carbonyl (C=O) groups is 1. The highest BCUT2D eigenvalue weighted by atomic mass is 32.2. The van der Waals surface area contributed by atoms with E-state index in [4.69, 9.17) is 4.74 Å². The summed E-state index contributed by atoms with van der Waals surface area (Å²) in [5, 5.41) is 4.63. The van der Waals surface area contributed by atoms with Gasteiger partial charge in [0.1, 0.15) is 11.6 Å². The second-order valence-electron chi connectivity index (χ2n) is 5.98. The van der Waals surface area contributed by atoms with Gasteiger partial charge in [-0.1, -0.05) is 6.07 Å². The van der Waals surface area contributed by atoms with Crippen LogP contribution in [0.5, 0.6) is 5.75 Å². The second kappa shape index (κ2) is 9.01. The minimum Gasteiger partial charge on any atom is -0.497 e. The van der Waals surface area contributed by atoms with Crippen LogP contribution in [0.15, 0.2) is 58.8 Å². The van der Waals surface area contributed by atoms with Crippen LogP contribution in [0.3, 0.4) is 0 Å². The first kappa shape index (κ1) is 20.7. The summed E-state index contributed by atoms with van der Waals surface area (Å²) in [5.74, 6) is -0.0761. The van der Waals surface area contributed by atoms with Gasteiger partial charge in [0.05, 0.1) is 17.7 Å². The normalized spacial score (nSPS) is 11.1. The van der Waals surface area contributed by atoms with Gasteiger partial charge in [0.2, 0.25) is 5.91 Å². The molecule has 29 heavy (non-hydrogen) atoms. The number of sulfonamides is 1. The number of aryl methyl sites for hydroxylation is 1. The molecule has 0 saturated heterocycles. The lowest BCUT2D eigenvalue weighted by atomic mass is 10.2. The first-order chi connectivity index (χ1) is 13.9. The van der Waals surface area contributed by atoms with Gasteiger partial charge < -0.3 is 10.1 Å². The molecule has 0 spiro atoms. The molecule has 0 bridgehead atoms. The van der Waals surface area contributed by atoms with Crippen LogP contribution in [-0.4, -0.2) is 26.4 Å². The van der Waals surface area contributed by atoms with Crippen molar-refractivity contribution in [2.45, 2.75) is 17.7 Å². The number of aromatic nitrogens is 1. The van der Waals surface area contributed by atoms with E-state index >= 15 is 0 Å². The molecule has 0 aliphatic carbocycles. The minimum absolute atomic E-state index is 0.0617. The number of nitrogens with zero attached hydrogens (tertiary/aromatic N) is 1. The number of carbonyl (C=O) groups excluding carboxylic acids is 1. The summed E-state index contributed by atoms with van der Waals surface area (Å²) in [6.07, 6.45) is 0.537. The molecular formula is C19H18FN3O4S2. The van der Waals surface area contributed by atoms with Gasteiger partial charge in [-0.2, -0.15) is 0 Å². The largest absolute Gasteiger partial charge is 0.497 e. The number of amides is 1. The number of hydrogen-bond acceptors (Lipinski definition) is 6. The molecule has 3 rings (SSSR count). The third-order valence-corrected chi connectivity index (χ3v) is 6.15. The summed E-state index contributed by atoms with van der Waals surface area (Å²) >= 11 is 1.11. The Morgan fingerprint density at radius 1 is 1.21 bits per heavy atom. The van der Waals surface area contributed by atoms with E-state index in [1.54, 1.807) is 36.8 Å². The molecule has 0 fully saturated rings. The Morgan fingerprint density at radius 2 is 1.97 bits per heavy atom. The third kappa shape index (κ3) is 5.75. The van der Waals surface area contributed by atoms with Crippen molar-refractivity contribution in [2.75, 3.05) is 17.1 Å². The Kier molecular flexibility index (Phi) is 6.45. The number of halogens is 1. The number of ether oxygens (including phenoxy) is 1. The van der Waals surface area contributed by atoms with Crippen molar-refractivity contribution in [1.29, 1.82) is 0 Å². The lowest BCUT2D eigenvalue weighted by Gasteiger charge is -2.06. The van der Waals surface area contributed by atoms with Crippen LogP contribution < -0.4 is 14.8 Å². The Labute approximate surface area is 171 Å². The highest BCUT2D eigenvalue weighted by molar-refractivity contribution is 7.93. The molecule has 0 atom stereocenters. The maximum Gasteiger partial charge on any atom is 0.263 e. The van der Waals surface area contributed by atoms with Crippen LogP contribution in [0.4, 0.5) is 15.2 Å². The number of nitrogens with one attached hydrogen (secondary N) is 2. The van der Waals surface area contributed by atoms with Gasteiger partial charge in [-0.15, -0.1) is 11.3 Å². The maximum absolute atomic E-state index is 13.0. The van der Waals surface area contributed by atoms with Gasteiger partial charge >= 0.3 is 0 Å². The molecule has 0 aliphatic heterocycles. The SMILES string of the molecule is COc1cccc(NC(=O)CCc2csc(NS(=O)(=O)c3ccc(F)cc3)n2)c1. The molecule has 0 radical (unpaired) electrons. The molecular weight excluding hydrogens is 417 g/mol. The molecule has 152 valence electrons. The van der Waals surface area contributed by atoms with E-state index in [1.165, 1.54) is 12.1 Å². The summed E-state index contributed by atoms with van der Waals surface area (Å²) in [7, 11) is -2.31. The molecule has 0 aliphatic rings. The van der Waals surface area contributed by atoms with Gasteiger partial charge in [0.25, 0.3) is 10.0 Å². The number of rotatable bonds is 8. The number of benzene rings is 2. The van der Waals surface area contributed by atoms with Crippen LogP contribution in [0.1, 0.15) is 12.1 Å². The van der Waals surface area contributed by atoms with E-state index < -0.39 is 15.8 Å². The van der Waals surface area contributed by atoms with Crippen molar-refractivity contribution >= 4 is 38.1 Å². The van der Waals surface area contributed by atoms with Gasteiger partial charge in [0.15, 0.2) is 5.13 Å². The predicted octanol–water partition coefficient (Wildman–Crippen LogP) is 3.66. The van der Waals surface area contributed by atoms with Crippen molar-refractivity contribution in [1.82, 2.24) is 4.98 Å². The average molecular weight is 436 g/mol. The zero-order valence-corrected chi connectivity index (χ0v) is 17.0. The fourth-order valence-corrected chi connectivity index (χ4v) is 4.42. The Balaban J connectivity index is 1.56. The summed E-state index contributed by atoms with van der Waals surface area (Å²) in [5.41, 5.74) is 1.22. The summed E-state index contributed by atoms with van der Waals surface area (Å²) < 4.78 is 45.0. The lowest BCUT2D eigenvalue weighted by molar-refractivity contribution is -0.116. The third-order valence-electron chi connectivity index (χ3n) is 3.86. The zero-order valence-electron chi connectivity index (χ0n) is 15.4. The molecule has 1 heterocycles. The van der Waals surface area contributed by atoms with Crippen LogP contribution in [0.25, 0.3) is 0 Å². The van der Waals surface area contributed by atoms with Gasteiger partial charge in [-0.05, 0) is 42.8 Å². The predicted molar refractivity (Wildman–Crippen MR) is 109 cm³/mol. The van der Waals surface area contributed by atoms with E-state index in [2.05, 4.69) is 15.0 Å². The van der Waals surface area contributed by atoms with Crippen molar-refractivity contribution < 1.29 is 22.3 Å². The fourth-order valence-electron chi connectivity index (χ4n) is 2.42. The molecule has 10 heteroatoms. The second-order valence-corrected chi connectivity index (χ2v) is 8.52. The number of thiazole rings is 1. The van der Waals surface area contributed by atoms with Crippen molar-refractivity contribution in [3.8, 4) is 5.75 Å². The van der Waals surface area contributed by atoms with Crippen LogP contribution >= 0.6 is 11.3 Å². The standard InChI is InChI=1S/C19H18FN3O4S2/c1-27-16-4-2-3-14(11-16)21-18(24)10-7-15-12-28-19(22-15)23-29(25,26)17-8-5-13(20)6-9-17/h2-6,8-9,11-12H,7,10H2,1H3,(H,21,24)(H,22,23). The van der Waals surface area contributed by atoms with Crippen LogP contribution in [0.2, 0.25) is 0 Å². The first-order valence-electron chi connectivity index (χ1n) is 8.52. The van der Waals surface area contributed by atoms with E-state index in [1.807, 2.05) is 0 Å². The van der Waals surface area contributed by atoms with Crippen LogP contribution in [0, 0.1) is 5.82 Å². The molecule has 7 nitrogen and oxygen atoms in total. The van der Waals surface area contributed by atoms with Crippen molar-refractivity contribution in [3.05, 3.63) is 65.4 Å². The summed E-state index contributed by atoms with van der Waals surface area (Å²) in [6.45, 7) is 0. The van der Waals surface area contributed by atoms with E-state index in [0.29, 0.717) is 23.6 Å². The van der Waals surface area contributed by atoms with Gasteiger partial charge in [-0.25, -0.2) is 17.8 Å². The Hall–Kier alpha value is -2.98. The first-order valence-corrected chi connectivity index (χ1v) is 10.9. The Morgan fingerprint density at radius 3 is 2.69 bits per heavy atom. The lowest BCUT2D eigenvalue weighted by Crippen LogP contribution is -2.13. The zero-order chi connectivity index (χ0) is 20.9. The molecule has 1 aromatic heterocycles. The van der Waals surface area contributed by atoms with Crippen molar-refractivity contribution in [2.24, 2.45) is 0 Å². The average Bonchev–Trinajstić information content (AvgIpc) is 3.13. The number of anilines is 2. The summed E-state index contributed by atoms with van der Waals surface area (Å²) in [4.78, 5) is 16.3. The molecule has 0 saturated carbocycles. The highest BCUT2D eigenvalue weighted by Gasteiger charge is 2.16. The van der Waals surface area contributed by atoms with Gasteiger partial charge in [-0.3, -0.25) is 9.52 Å². The quantitative estimate of drug-likeness (QED) is 0.563. The van der Waals surface area contributed by atoms with E-state index in [0.717, 1.165) is 23.5 Å². The van der Waals surface area contributed by atoms with Crippen LogP contribution in [-0.2, 0) is 21.2 Å². The fraction of sp³-hybridized carbons (Fsp3) is 0.158. The Bertz CT molecular complexity index is 1100. The molecule has 0 unspecified atom stereocenters. The summed E-state index contributed by atoms with van der Waals surface area (Å²) in [6, 6.07) is 11.5. The number of hydrogen-bond donors (Lipinski definition) is 2. The molecule has 1 amide bonds.